The summed E-state index contributed by atoms with van der Waals surface area (Å²) in [6.07, 6.45) is 0.613. The maximum atomic E-state index is 12.6. The quantitative estimate of drug-likeness (QED) is 0.589. The van der Waals surface area contributed by atoms with Crippen LogP contribution in [0.2, 0.25) is 0 Å². The van der Waals surface area contributed by atoms with Gasteiger partial charge in [0, 0.05) is 62.2 Å². The van der Waals surface area contributed by atoms with Gasteiger partial charge < -0.3 is 19.5 Å². The zero-order chi connectivity index (χ0) is 21.0. The smallest absolute Gasteiger partial charge is 0.307 e. The molecule has 0 aliphatic carbocycles. The van der Waals surface area contributed by atoms with Gasteiger partial charge in [0.1, 0.15) is 0 Å². The van der Waals surface area contributed by atoms with Gasteiger partial charge in [-0.05, 0) is 13.0 Å². The summed E-state index contributed by atoms with van der Waals surface area (Å²) in [5, 5.41) is 0.778. The number of carbonyl (C=O) groups excluding carboxylic acids is 4. The average molecular weight is 399 g/mol. The van der Waals surface area contributed by atoms with E-state index >= 15 is 0 Å². The molecule has 1 saturated heterocycles. The highest BCUT2D eigenvalue weighted by Crippen LogP contribution is 2.20. The number of carbonyl (C=O) groups is 4. The molecular formula is C21H25N3O5. The first-order chi connectivity index (χ1) is 13.9. The molecule has 1 fully saturated rings. The van der Waals surface area contributed by atoms with E-state index in [1.807, 2.05) is 24.3 Å². The Hall–Kier alpha value is -3.16. The number of aromatic amines is 1. The third-order valence-electron chi connectivity index (χ3n) is 5.15. The molecule has 1 aromatic heterocycles. The molecule has 0 spiro atoms. The van der Waals surface area contributed by atoms with E-state index in [-0.39, 0.29) is 30.4 Å². The Balaban J connectivity index is 1.47. The SMILES string of the molecule is CC(=O)N1CCN(C(=O)CCC(=O)O[C@H](C)C(=O)c2c[nH]c3ccccc23)CC1. The molecule has 8 nitrogen and oxygen atoms in total. The van der Waals surface area contributed by atoms with E-state index < -0.39 is 12.1 Å². The summed E-state index contributed by atoms with van der Waals surface area (Å²) in [5.41, 5.74) is 1.31. The molecular weight excluding hydrogens is 374 g/mol. The minimum absolute atomic E-state index is 0.00506. The molecule has 0 unspecified atom stereocenters. The predicted octanol–water partition coefficient (Wildman–Crippen LogP) is 1.75. The van der Waals surface area contributed by atoms with Crippen LogP contribution in [0.5, 0.6) is 0 Å². The van der Waals surface area contributed by atoms with E-state index in [9.17, 15) is 19.2 Å². The fraction of sp³-hybridized carbons (Fsp3) is 0.429. The molecule has 1 aliphatic rings. The van der Waals surface area contributed by atoms with Crippen LogP contribution in [0.3, 0.4) is 0 Å². The molecule has 0 radical (unpaired) electrons. The normalized spacial score (nSPS) is 15.2. The van der Waals surface area contributed by atoms with Crippen LogP contribution in [0.15, 0.2) is 30.5 Å². The number of rotatable bonds is 6. The summed E-state index contributed by atoms with van der Waals surface area (Å²) >= 11 is 0. The Bertz CT molecular complexity index is 927. The predicted molar refractivity (Wildman–Crippen MR) is 106 cm³/mol. The zero-order valence-corrected chi connectivity index (χ0v) is 16.6. The van der Waals surface area contributed by atoms with Crippen molar-refractivity contribution in [3.05, 3.63) is 36.0 Å². The lowest BCUT2D eigenvalue weighted by molar-refractivity contribution is -0.148. The molecule has 1 aromatic carbocycles. The van der Waals surface area contributed by atoms with Crippen LogP contribution in [0.1, 0.15) is 37.0 Å². The first-order valence-corrected chi connectivity index (χ1v) is 9.70. The van der Waals surface area contributed by atoms with Gasteiger partial charge in [0.25, 0.3) is 0 Å². The van der Waals surface area contributed by atoms with Crippen molar-refractivity contribution in [3.8, 4) is 0 Å². The van der Waals surface area contributed by atoms with Gasteiger partial charge in [0.2, 0.25) is 17.6 Å². The minimum Gasteiger partial charge on any atom is -0.454 e. The molecule has 1 atom stereocenters. The molecule has 0 bridgehead atoms. The number of para-hydroxylation sites is 1. The van der Waals surface area contributed by atoms with Gasteiger partial charge in [0.15, 0.2) is 6.10 Å². The Morgan fingerprint density at radius 3 is 2.38 bits per heavy atom. The molecule has 2 aromatic rings. The van der Waals surface area contributed by atoms with E-state index in [1.165, 1.54) is 13.8 Å². The Kier molecular flexibility index (Phi) is 6.31. The van der Waals surface area contributed by atoms with Gasteiger partial charge in [-0.25, -0.2) is 0 Å². The van der Waals surface area contributed by atoms with Crippen molar-refractivity contribution >= 4 is 34.5 Å². The van der Waals surface area contributed by atoms with Crippen LogP contribution in [0.4, 0.5) is 0 Å². The number of nitrogens with zero attached hydrogens (tertiary/aromatic N) is 2. The Morgan fingerprint density at radius 2 is 1.69 bits per heavy atom. The van der Waals surface area contributed by atoms with Crippen molar-refractivity contribution in [3.63, 3.8) is 0 Å². The summed E-state index contributed by atoms with van der Waals surface area (Å²) in [7, 11) is 0. The van der Waals surface area contributed by atoms with Gasteiger partial charge in [-0.1, -0.05) is 18.2 Å². The molecule has 1 N–H and O–H groups in total. The van der Waals surface area contributed by atoms with Crippen LogP contribution in [0, 0.1) is 0 Å². The van der Waals surface area contributed by atoms with E-state index in [4.69, 9.17) is 4.74 Å². The van der Waals surface area contributed by atoms with Gasteiger partial charge in [-0.15, -0.1) is 0 Å². The monoisotopic (exact) mass is 399 g/mol. The standard InChI is InChI=1S/C21H25N3O5/c1-14(21(28)17-13-22-18-6-4-3-5-16(17)18)29-20(27)8-7-19(26)24-11-9-23(10-12-24)15(2)25/h3-6,13-14,22H,7-12H2,1-2H3/t14-/m1/s1. The Morgan fingerprint density at radius 1 is 1.03 bits per heavy atom. The number of piperazine rings is 1. The van der Waals surface area contributed by atoms with Gasteiger partial charge in [-0.2, -0.15) is 0 Å². The first kappa shape index (κ1) is 20.6. The largest absolute Gasteiger partial charge is 0.454 e. The van der Waals surface area contributed by atoms with Crippen LogP contribution < -0.4 is 0 Å². The first-order valence-electron chi connectivity index (χ1n) is 9.70. The molecule has 0 saturated carbocycles. The van der Waals surface area contributed by atoms with E-state index in [2.05, 4.69) is 4.98 Å². The molecule has 29 heavy (non-hydrogen) atoms. The highest BCUT2D eigenvalue weighted by molar-refractivity contribution is 6.10. The summed E-state index contributed by atoms with van der Waals surface area (Å²) in [6, 6.07) is 7.40. The zero-order valence-electron chi connectivity index (χ0n) is 16.6. The number of hydrogen-bond donors (Lipinski definition) is 1. The van der Waals surface area contributed by atoms with Crippen LogP contribution >= 0.6 is 0 Å². The molecule has 154 valence electrons. The molecule has 2 heterocycles. The number of H-pyrrole nitrogens is 1. The highest BCUT2D eigenvalue weighted by Gasteiger charge is 2.25. The number of benzene rings is 1. The summed E-state index contributed by atoms with van der Waals surface area (Å²) in [6.45, 7) is 4.96. The fourth-order valence-electron chi connectivity index (χ4n) is 3.44. The van der Waals surface area contributed by atoms with Crippen molar-refractivity contribution in [2.45, 2.75) is 32.8 Å². The summed E-state index contributed by atoms with van der Waals surface area (Å²) < 4.78 is 5.25. The van der Waals surface area contributed by atoms with Gasteiger partial charge in [-0.3, -0.25) is 19.2 Å². The lowest BCUT2D eigenvalue weighted by Gasteiger charge is -2.34. The van der Waals surface area contributed by atoms with E-state index in [0.717, 1.165) is 10.9 Å². The number of fused-ring (bicyclic) bond motifs is 1. The van der Waals surface area contributed by atoms with Crippen molar-refractivity contribution in [2.24, 2.45) is 0 Å². The van der Waals surface area contributed by atoms with Crippen LogP contribution in [0.25, 0.3) is 10.9 Å². The number of ketones is 1. The van der Waals surface area contributed by atoms with Gasteiger partial charge >= 0.3 is 5.97 Å². The molecule has 2 amide bonds. The fourth-order valence-corrected chi connectivity index (χ4v) is 3.44. The Labute approximate surface area is 168 Å². The molecule has 1 aliphatic heterocycles. The van der Waals surface area contributed by atoms with Crippen LogP contribution in [-0.4, -0.2) is 70.6 Å². The van der Waals surface area contributed by atoms with Crippen molar-refractivity contribution in [1.29, 1.82) is 0 Å². The topological polar surface area (TPSA) is 99.8 Å². The number of nitrogens with one attached hydrogen (secondary N) is 1. The maximum absolute atomic E-state index is 12.6. The molecule has 8 heteroatoms. The van der Waals surface area contributed by atoms with Crippen molar-refractivity contribution in [1.82, 2.24) is 14.8 Å². The number of aromatic nitrogens is 1. The second-order valence-electron chi connectivity index (χ2n) is 7.13. The van der Waals surface area contributed by atoms with Crippen LogP contribution in [-0.2, 0) is 19.1 Å². The maximum Gasteiger partial charge on any atom is 0.307 e. The van der Waals surface area contributed by atoms with Gasteiger partial charge in [0.05, 0.1) is 6.42 Å². The minimum atomic E-state index is -0.934. The number of esters is 1. The number of hydrogen-bond acceptors (Lipinski definition) is 5. The summed E-state index contributed by atoms with van der Waals surface area (Å²) in [5.74, 6) is -1.03. The van der Waals surface area contributed by atoms with E-state index in [0.29, 0.717) is 31.7 Å². The lowest BCUT2D eigenvalue weighted by atomic mass is 10.1. The highest BCUT2D eigenvalue weighted by atomic mass is 16.5. The summed E-state index contributed by atoms with van der Waals surface area (Å²) in [4.78, 5) is 54.7. The molecule has 3 rings (SSSR count). The third-order valence-corrected chi connectivity index (χ3v) is 5.15. The third kappa shape index (κ3) is 4.82. The number of Topliss-reactive ketones (excluding diaryl/α,β-unsaturated/α-hetero) is 1. The second kappa shape index (κ2) is 8.89. The van der Waals surface area contributed by atoms with Crippen molar-refractivity contribution < 1.29 is 23.9 Å². The number of amides is 2. The second-order valence-corrected chi connectivity index (χ2v) is 7.13. The number of ether oxygens (including phenoxy) is 1. The average Bonchev–Trinajstić information content (AvgIpc) is 3.15. The van der Waals surface area contributed by atoms with Crippen molar-refractivity contribution in [2.75, 3.05) is 26.2 Å². The van der Waals surface area contributed by atoms with E-state index in [1.54, 1.807) is 16.0 Å². The lowest BCUT2D eigenvalue weighted by Crippen LogP contribution is -2.50.